The highest BCUT2D eigenvalue weighted by Gasteiger charge is 2.31. The van der Waals surface area contributed by atoms with Crippen molar-refractivity contribution >= 4 is 23.2 Å². The minimum absolute atomic E-state index is 0.0151. The standard InChI is InChI=1S/C29H26N4O4/c34-27(31-22-8-5-15-30-17-22)16-20-11-13-23(14-12-20)37-24-18-33(19-24)26-10-4-9-25(29(35)32-36)28(26)21-6-2-1-3-7-21/h1-15,17,24,36H,16,18-19H2,(H,31,34)(H,32,35). The molecule has 1 aliphatic heterocycles. The molecule has 186 valence electrons. The van der Waals surface area contributed by atoms with Crippen LogP contribution in [0.4, 0.5) is 11.4 Å². The van der Waals surface area contributed by atoms with Crippen molar-refractivity contribution in [1.82, 2.24) is 10.5 Å². The zero-order valence-corrected chi connectivity index (χ0v) is 20.0. The molecule has 0 atom stereocenters. The monoisotopic (exact) mass is 494 g/mol. The van der Waals surface area contributed by atoms with Gasteiger partial charge < -0.3 is 15.0 Å². The van der Waals surface area contributed by atoms with Crippen LogP contribution in [0, 0.1) is 0 Å². The maximum Gasteiger partial charge on any atom is 0.275 e. The van der Waals surface area contributed by atoms with E-state index in [2.05, 4.69) is 15.2 Å². The second kappa shape index (κ2) is 10.9. The van der Waals surface area contributed by atoms with Gasteiger partial charge in [0.05, 0.1) is 37.0 Å². The van der Waals surface area contributed by atoms with Gasteiger partial charge in [0.1, 0.15) is 11.9 Å². The number of carbonyl (C=O) groups excluding carboxylic acids is 2. The zero-order chi connectivity index (χ0) is 25.6. The van der Waals surface area contributed by atoms with Crippen molar-refractivity contribution in [3.63, 3.8) is 0 Å². The van der Waals surface area contributed by atoms with Gasteiger partial charge in [0.25, 0.3) is 5.91 Å². The fourth-order valence-corrected chi connectivity index (χ4v) is 4.38. The van der Waals surface area contributed by atoms with E-state index in [4.69, 9.17) is 4.74 Å². The molecule has 4 aromatic rings. The van der Waals surface area contributed by atoms with Crippen LogP contribution in [0.1, 0.15) is 15.9 Å². The average molecular weight is 495 g/mol. The van der Waals surface area contributed by atoms with Crippen molar-refractivity contribution < 1.29 is 19.5 Å². The lowest BCUT2D eigenvalue weighted by atomic mass is 9.95. The molecule has 1 aliphatic rings. The molecular formula is C29H26N4O4. The topological polar surface area (TPSA) is 104 Å². The van der Waals surface area contributed by atoms with E-state index in [1.54, 1.807) is 36.1 Å². The molecule has 0 aliphatic carbocycles. The maximum absolute atomic E-state index is 12.3. The fraction of sp³-hybridized carbons (Fsp3) is 0.138. The zero-order valence-electron chi connectivity index (χ0n) is 20.0. The Kier molecular flexibility index (Phi) is 7.09. The Morgan fingerprint density at radius 1 is 0.946 bits per heavy atom. The van der Waals surface area contributed by atoms with Crippen LogP contribution in [0.2, 0.25) is 0 Å². The summed E-state index contributed by atoms with van der Waals surface area (Å²) in [4.78, 5) is 30.8. The van der Waals surface area contributed by atoms with E-state index in [0.717, 1.165) is 28.1 Å². The predicted molar refractivity (Wildman–Crippen MR) is 141 cm³/mol. The number of rotatable bonds is 8. The molecule has 5 rings (SSSR count). The molecule has 1 fully saturated rings. The van der Waals surface area contributed by atoms with Gasteiger partial charge in [0.2, 0.25) is 5.91 Å². The van der Waals surface area contributed by atoms with E-state index >= 15 is 0 Å². The van der Waals surface area contributed by atoms with E-state index in [1.807, 2.05) is 66.7 Å². The molecule has 0 unspecified atom stereocenters. The first-order valence-corrected chi connectivity index (χ1v) is 11.9. The molecule has 8 heteroatoms. The molecular weight excluding hydrogens is 468 g/mol. The first kappa shape index (κ1) is 24.0. The van der Waals surface area contributed by atoms with Crippen molar-refractivity contribution in [2.75, 3.05) is 23.3 Å². The van der Waals surface area contributed by atoms with Gasteiger partial charge in [0, 0.05) is 17.4 Å². The van der Waals surface area contributed by atoms with Crippen molar-refractivity contribution in [2.45, 2.75) is 12.5 Å². The summed E-state index contributed by atoms with van der Waals surface area (Å²) in [7, 11) is 0. The number of ether oxygens (including phenoxy) is 1. The smallest absolute Gasteiger partial charge is 0.275 e. The van der Waals surface area contributed by atoms with E-state index in [0.29, 0.717) is 24.3 Å². The minimum Gasteiger partial charge on any atom is -0.487 e. The Labute approximate surface area is 214 Å². The van der Waals surface area contributed by atoms with Crippen LogP contribution >= 0.6 is 0 Å². The molecule has 0 radical (unpaired) electrons. The second-order valence-electron chi connectivity index (χ2n) is 8.76. The number of hydrogen-bond acceptors (Lipinski definition) is 6. The third-order valence-corrected chi connectivity index (χ3v) is 6.18. The number of hydroxylamine groups is 1. The van der Waals surface area contributed by atoms with Gasteiger partial charge in [-0.1, -0.05) is 48.5 Å². The molecule has 0 bridgehead atoms. The SMILES string of the molecule is O=C(Cc1ccc(OC2CN(c3cccc(C(=O)NO)c3-c3ccccc3)C2)cc1)Nc1cccnc1. The van der Waals surface area contributed by atoms with Crippen LogP contribution in [-0.2, 0) is 11.2 Å². The molecule has 0 saturated carbocycles. The lowest BCUT2D eigenvalue weighted by Gasteiger charge is -2.42. The quantitative estimate of drug-likeness (QED) is 0.249. The Hall–Kier alpha value is -4.69. The van der Waals surface area contributed by atoms with Crippen LogP contribution in [0.15, 0.2) is 97.3 Å². The summed E-state index contributed by atoms with van der Waals surface area (Å²) in [5, 5.41) is 12.1. The summed E-state index contributed by atoms with van der Waals surface area (Å²) in [6.07, 6.45) is 3.51. The molecule has 8 nitrogen and oxygen atoms in total. The van der Waals surface area contributed by atoms with Gasteiger partial charge in [-0.25, -0.2) is 5.48 Å². The van der Waals surface area contributed by atoms with Crippen LogP contribution in [0.5, 0.6) is 5.75 Å². The number of hydrogen-bond donors (Lipinski definition) is 3. The minimum atomic E-state index is -0.553. The summed E-state index contributed by atoms with van der Waals surface area (Å²) >= 11 is 0. The Morgan fingerprint density at radius 3 is 2.43 bits per heavy atom. The van der Waals surface area contributed by atoms with Crippen LogP contribution in [-0.4, -0.2) is 41.2 Å². The highest BCUT2D eigenvalue weighted by atomic mass is 16.5. The highest BCUT2D eigenvalue weighted by molar-refractivity contribution is 6.03. The molecule has 2 amide bonds. The number of nitrogens with zero attached hydrogens (tertiary/aromatic N) is 2. The fourth-order valence-electron chi connectivity index (χ4n) is 4.38. The predicted octanol–water partition coefficient (Wildman–Crippen LogP) is 4.32. The van der Waals surface area contributed by atoms with Crippen molar-refractivity contribution in [3.8, 4) is 16.9 Å². The molecule has 0 spiro atoms. The van der Waals surface area contributed by atoms with Crippen LogP contribution in [0.3, 0.4) is 0 Å². The molecule has 1 saturated heterocycles. The van der Waals surface area contributed by atoms with E-state index in [9.17, 15) is 14.8 Å². The third kappa shape index (κ3) is 5.60. The third-order valence-electron chi connectivity index (χ3n) is 6.18. The first-order chi connectivity index (χ1) is 18.1. The number of pyridine rings is 1. The van der Waals surface area contributed by atoms with Gasteiger partial charge in [-0.3, -0.25) is 19.8 Å². The molecule has 1 aromatic heterocycles. The lowest BCUT2D eigenvalue weighted by Crippen LogP contribution is -2.54. The van der Waals surface area contributed by atoms with Gasteiger partial charge in [-0.2, -0.15) is 0 Å². The molecule has 2 heterocycles. The van der Waals surface area contributed by atoms with Gasteiger partial charge in [-0.15, -0.1) is 0 Å². The van der Waals surface area contributed by atoms with E-state index < -0.39 is 5.91 Å². The average Bonchev–Trinajstić information content (AvgIpc) is 2.91. The molecule has 3 N–H and O–H groups in total. The lowest BCUT2D eigenvalue weighted by molar-refractivity contribution is -0.115. The second-order valence-corrected chi connectivity index (χ2v) is 8.76. The van der Waals surface area contributed by atoms with E-state index in [-0.39, 0.29) is 18.4 Å². The van der Waals surface area contributed by atoms with Gasteiger partial charge >= 0.3 is 0 Å². The van der Waals surface area contributed by atoms with Crippen LogP contribution < -0.4 is 20.4 Å². The molecule has 37 heavy (non-hydrogen) atoms. The summed E-state index contributed by atoms with van der Waals surface area (Å²) in [6.45, 7) is 1.30. The summed E-state index contributed by atoms with van der Waals surface area (Å²) in [6, 6.07) is 26.2. The number of benzene rings is 3. The first-order valence-electron chi connectivity index (χ1n) is 11.9. The summed E-state index contributed by atoms with van der Waals surface area (Å²) in [5.41, 5.74) is 6.27. The normalized spacial score (nSPS) is 12.9. The highest BCUT2D eigenvalue weighted by Crippen LogP contribution is 2.37. The van der Waals surface area contributed by atoms with Crippen LogP contribution in [0.25, 0.3) is 11.1 Å². The van der Waals surface area contributed by atoms with Gasteiger partial charge in [0.15, 0.2) is 0 Å². The number of anilines is 2. The van der Waals surface area contributed by atoms with E-state index in [1.165, 1.54) is 0 Å². The Balaban J connectivity index is 1.21. The largest absolute Gasteiger partial charge is 0.487 e. The number of carbonyl (C=O) groups is 2. The molecule has 3 aromatic carbocycles. The van der Waals surface area contributed by atoms with Crippen molar-refractivity contribution in [2.24, 2.45) is 0 Å². The number of amides is 2. The maximum atomic E-state index is 12.3. The van der Waals surface area contributed by atoms with Crippen molar-refractivity contribution in [1.29, 1.82) is 0 Å². The number of nitrogens with one attached hydrogen (secondary N) is 2. The Bertz CT molecular complexity index is 1370. The summed E-state index contributed by atoms with van der Waals surface area (Å²) < 4.78 is 6.13. The van der Waals surface area contributed by atoms with Crippen molar-refractivity contribution in [3.05, 3.63) is 108 Å². The number of aromatic nitrogens is 1. The summed E-state index contributed by atoms with van der Waals surface area (Å²) in [5.74, 6) is 0.0728. The Morgan fingerprint density at radius 2 is 1.73 bits per heavy atom. The van der Waals surface area contributed by atoms with Gasteiger partial charge in [-0.05, 0) is 47.5 Å².